The fraction of sp³-hybridized carbons (Fsp3) is 0.0909. The molecule has 0 saturated heterocycles. The summed E-state index contributed by atoms with van der Waals surface area (Å²) in [6.07, 6.45) is 1.30. The van der Waals surface area contributed by atoms with Crippen LogP contribution in [0.5, 0.6) is 0 Å². The molecule has 0 amide bonds. The van der Waals surface area contributed by atoms with E-state index < -0.39 is 0 Å². The maximum Gasteiger partial charge on any atom is 0.145 e. The minimum atomic E-state index is -0.0244. The quantitative estimate of drug-likeness (QED) is 0.817. The first kappa shape index (κ1) is 12.4. The molecule has 0 bridgehead atoms. The van der Waals surface area contributed by atoms with Gasteiger partial charge in [-0.25, -0.2) is 0 Å². The lowest BCUT2D eigenvalue weighted by atomic mass is 10.2. The average molecular weight is 252 g/mol. The molecule has 1 aromatic carbocycles. The number of hydrogen-bond donors (Lipinski definition) is 1. The summed E-state index contributed by atoms with van der Waals surface area (Å²) in [6, 6.07) is 6.82. The molecule has 0 radical (unpaired) electrons. The second kappa shape index (κ2) is 5.42. The van der Waals surface area contributed by atoms with Gasteiger partial charge in [0, 0.05) is 11.2 Å². The summed E-state index contributed by atoms with van der Waals surface area (Å²) in [5.41, 5.74) is 1.44. The second-order valence-electron chi connectivity index (χ2n) is 3.01. The highest BCUT2D eigenvalue weighted by Gasteiger charge is 2.03. The molecule has 0 saturated carbocycles. The summed E-state index contributed by atoms with van der Waals surface area (Å²) in [6.45, 7) is 1.84. The molecule has 0 aliphatic rings. The molecule has 0 aromatic heterocycles. The van der Waals surface area contributed by atoms with E-state index in [0.717, 1.165) is 5.56 Å². The Morgan fingerprint density at radius 1 is 1.25 bits per heavy atom. The van der Waals surface area contributed by atoms with Crippen LogP contribution < -0.4 is 5.32 Å². The molecule has 80 valence electrons. The molecular weight excluding hydrogens is 245 g/mol. The van der Waals surface area contributed by atoms with Crippen LogP contribution in [0.3, 0.4) is 0 Å². The van der Waals surface area contributed by atoms with Crippen molar-refractivity contribution in [2.45, 2.75) is 6.92 Å². The third-order valence-electron chi connectivity index (χ3n) is 1.86. The van der Waals surface area contributed by atoms with Gasteiger partial charge in [-0.05, 0) is 24.6 Å². The smallest absolute Gasteiger partial charge is 0.145 e. The van der Waals surface area contributed by atoms with E-state index in [0.29, 0.717) is 15.7 Å². The van der Waals surface area contributed by atoms with Crippen molar-refractivity contribution in [1.29, 1.82) is 10.5 Å². The molecule has 3 nitrogen and oxygen atoms in total. The highest BCUT2D eigenvalue weighted by Crippen LogP contribution is 2.28. The monoisotopic (exact) mass is 251 g/mol. The number of rotatable bonds is 2. The summed E-state index contributed by atoms with van der Waals surface area (Å²) < 4.78 is 0. The van der Waals surface area contributed by atoms with Crippen LogP contribution in [0.4, 0.5) is 5.69 Å². The number of anilines is 1. The minimum Gasteiger partial charge on any atom is -0.359 e. The number of aryl methyl sites for hydroxylation is 1. The van der Waals surface area contributed by atoms with Crippen LogP contribution in [0.2, 0.25) is 10.0 Å². The first-order valence-electron chi connectivity index (χ1n) is 4.31. The molecule has 0 unspecified atom stereocenters. The van der Waals surface area contributed by atoms with Crippen LogP contribution in [-0.2, 0) is 0 Å². The molecule has 5 heteroatoms. The maximum atomic E-state index is 8.54. The topological polar surface area (TPSA) is 59.6 Å². The summed E-state index contributed by atoms with van der Waals surface area (Å²) in [5.74, 6) is 0. The average Bonchev–Trinajstić information content (AvgIpc) is 2.26. The maximum absolute atomic E-state index is 8.54. The largest absolute Gasteiger partial charge is 0.359 e. The predicted octanol–water partition coefficient (Wildman–Crippen LogP) is 3.64. The zero-order valence-electron chi connectivity index (χ0n) is 8.38. The van der Waals surface area contributed by atoms with Crippen molar-refractivity contribution in [3.8, 4) is 12.1 Å². The van der Waals surface area contributed by atoms with E-state index in [1.165, 1.54) is 6.20 Å². The van der Waals surface area contributed by atoms with Crippen molar-refractivity contribution >= 4 is 28.9 Å². The molecule has 0 spiro atoms. The number of nitrogens with zero attached hydrogens (tertiary/aromatic N) is 2. The number of nitrogens with one attached hydrogen (secondary N) is 1. The lowest BCUT2D eigenvalue weighted by Gasteiger charge is -2.06. The van der Waals surface area contributed by atoms with E-state index in [-0.39, 0.29) is 5.57 Å². The van der Waals surface area contributed by atoms with Crippen LogP contribution >= 0.6 is 23.2 Å². The van der Waals surface area contributed by atoms with Crippen molar-refractivity contribution in [1.82, 2.24) is 0 Å². The van der Waals surface area contributed by atoms with E-state index in [2.05, 4.69) is 5.32 Å². The molecule has 0 aliphatic carbocycles. The highest BCUT2D eigenvalue weighted by atomic mass is 35.5. The lowest BCUT2D eigenvalue weighted by molar-refractivity contribution is 1.42. The van der Waals surface area contributed by atoms with Gasteiger partial charge in [-0.3, -0.25) is 0 Å². The second-order valence-corrected chi connectivity index (χ2v) is 3.82. The number of nitriles is 2. The molecule has 16 heavy (non-hydrogen) atoms. The Hall–Kier alpha value is -1.68. The van der Waals surface area contributed by atoms with Crippen molar-refractivity contribution in [3.05, 3.63) is 39.5 Å². The van der Waals surface area contributed by atoms with Crippen LogP contribution in [0.15, 0.2) is 23.9 Å². The van der Waals surface area contributed by atoms with Crippen molar-refractivity contribution in [2.75, 3.05) is 5.32 Å². The fourth-order valence-corrected chi connectivity index (χ4v) is 1.45. The summed E-state index contributed by atoms with van der Waals surface area (Å²) >= 11 is 11.8. The molecular formula is C11H7Cl2N3. The zero-order valence-corrected chi connectivity index (χ0v) is 9.89. The van der Waals surface area contributed by atoms with Crippen LogP contribution in [-0.4, -0.2) is 0 Å². The Morgan fingerprint density at radius 2 is 1.88 bits per heavy atom. The van der Waals surface area contributed by atoms with Gasteiger partial charge in [0.15, 0.2) is 0 Å². The van der Waals surface area contributed by atoms with Gasteiger partial charge in [0.05, 0.1) is 10.7 Å². The van der Waals surface area contributed by atoms with Crippen molar-refractivity contribution in [3.63, 3.8) is 0 Å². The van der Waals surface area contributed by atoms with Crippen molar-refractivity contribution < 1.29 is 0 Å². The molecule has 1 rings (SSSR count). The standard InChI is InChI=1S/C11H7Cl2N3/c1-7-2-11(10(13)3-9(7)12)16-6-8(4-14)5-15/h2-3,6,16H,1H3. The SMILES string of the molecule is Cc1cc(NC=C(C#N)C#N)c(Cl)cc1Cl. The predicted molar refractivity (Wildman–Crippen MR) is 64.1 cm³/mol. The minimum absolute atomic E-state index is 0.0244. The van der Waals surface area contributed by atoms with Crippen LogP contribution in [0.1, 0.15) is 5.56 Å². The van der Waals surface area contributed by atoms with E-state index in [1.807, 2.05) is 6.92 Å². The summed E-state index contributed by atoms with van der Waals surface area (Å²) in [5, 5.41) is 20.9. The van der Waals surface area contributed by atoms with E-state index >= 15 is 0 Å². The van der Waals surface area contributed by atoms with E-state index in [1.54, 1.807) is 24.3 Å². The van der Waals surface area contributed by atoms with Gasteiger partial charge in [-0.1, -0.05) is 23.2 Å². The van der Waals surface area contributed by atoms with E-state index in [4.69, 9.17) is 33.7 Å². The van der Waals surface area contributed by atoms with Gasteiger partial charge < -0.3 is 5.32 Å². The normalized spacial score (nSPS) is 8.81. The van der Waals surface area contributed by atoms with E-state index in [9.17, 15) is 0 Å². The van der Waals surface area contributed by atoms with Gasteiger partial charge in [0.2, 0.25) is 0 Å². The lowest BCUT2D eigenvalue weighted by Crippen LogP contribution is -1.92. The molecule has 0 atom stereocenters. The summed E-state index contributed by atoms with van der Waals surface area (Å²) in [7, 11) is 0. The van der Waals surface area contributed by atoms with Crippen LogP contribution in [0, 0.1) is 29.6 Å². The Bertz CT molecular complexity index is 505. The van der Waals surface area contributed by atoms with Gasteiger partial charge in [-0.15, -0.1) is 0 Å². The first-order valence-corrected chi connectivity index (χ1v) is 5.06. The van der Waals surface area contributed by atoms with Crippen LogP contribution in [0.25, 0.3) is 0 Å². The Morgan fingerprint density at radius 3 is 2.44 bits per heavy atom. The zero-order chi connectivity index (χ0) is 12.1. The molecule has 0 fully saturated rings. The highest BCUT2D eigenvalue weighted by molar-refractivity contribution is 6.36. The Balaban J connectivity index is 3.01. The van der Waals surface area contributed by atoms with Crippen molar-refractivity contribution in [2.24, 2.45) is 0 Å². The third-order valence-corrected chi connectivity index (χ3v) is 2.58. The van der Waals surface area contributed by atoms with Gasteiger partial charge in [-0.2, -0.15) is 10.5 Å². The number of hydrogen-bond acceptors (Lipinski definition) is 3. The third kappa shape index (κ3) is 2.90. The Labute approximate surface area is 104 Å². The number of halogens is 2. The van der Waals surface area contributed by atoms with Gasteiger partial charge in [0.25, 0.3) is 0 Å². The number of benzene rings is 1. The van der Waals surface area contributed by atoms with Gasteiger partial charge in [0.1, 0.15) is 17.7 Å². The summed E-state index contributed by atoms with van der Waals surface area (Å²) in [4.78, 5) is 0. The molecule has 1 N–H and O–H groups in total. The molecule has 0 aliphatic heterocycles. The van der Waals surface area contributed by atoms with Gasteiger partial charge >= 0.3 is 0 Å². The molecule has 1 aromatic rings. The molecule has 0 heterocycles. The number of allylic oxidation sites excluding steroid dienone is 1. The Kier molecular flexibility index (Phi) is 4.19. The first-order chi connectivity index (χ1) is 7.58. The fourth-order valence-electron chi connectivity index (χ4n) is 1.01.